The SMILES string of the molecule is COc1cc(O)ccc1[C@H]1C2=CC[C@@H]3C(=O)N(O)C(=O)[C@@H]3[C@@H]2C[C@@]2(Cl)C(=O)N(CBr)C(=O)[C@@]12Cl. The van der Waals surface area contributed by atoms with Crippen LogP contribution in [-0.4, -0.2) is 66.2 Å². The van der Waals surface area contributed by atoms with Crippen LogP contribution in [0.2, 0.25) is 0 Å². The highest BCUT2D eigenvalue weighted by Gasteiger charge is 2.76. The van der Waals surface area contributed by atoms with Crippen LogP contribution >= 0.6 is 39.1 Å². The van der Waals surface area contributed by atoms with Crippen LogP contribution in [0, 0.1) is 17.8 Å². The van der Waals surface area contributed by atoms with Gasteiger partial charge in [0.2, 0.25) is 0 Å². The third-order valence-corrected chi connectivity index (χ3v) is 9.43. The Morgan fingerprint density at radius 1 is 1.15 bits per heavy atom. The molecule has 6 atom stereocenters. The topological polar surface area (TPSA) is 124 Å². The second kappa shape index (κ2) is 7.68. The number of aromatic hydroxyl groups is 1. The monoisotopic (exact) mass is 572 g/mol. The van der Waals surface area contributed by atoms with Gasteiger partial charge in [-0.05, 0) is 24.8 Å². The molecule has 0 aromatic heterocycles. The van der Waals surface area contributed by atoms with E-state index in [4.69, 9.17) is 27.9 Å². The maximum absolute atomic E-state index is 13.6. The number of benzene rings is 1. The Morgan fingerprint density at radius 2 is 1.85 bits per heavy atom. The number of fused-ring (bicyclic) bond motifs is 4. The van der Waals surface area contributed by atoms with Crippen LogP contribution in [0.5, 0.6) is 11.5 Å². The molecule has 34 heavy (non-hydrogen) atoms. The lowest BCUT2D eigenvalue weighted by Crippen LogP contribution is -2.60. The molecule has 5 rings (SSSR count). The standard InChI is InChI=1S/C22H19BrCl2N2O7/c1-34-14-6-9(28)2-3-11(14)16-10-4-5-12-15(18(30)27(33)17(12)29)13(10)7-21(24)19(31)26(8-23)20(32)22(16,21)25/h2-4,6,12-13,15-16,28,33H,5,7-8H2,1H3/t12-,13+,15-,16+,21+,22-/m0/s1. The van der Waals surface area contributed by atoms with Gasteiger partial charge in [-0.1, -0.05) is 33.6 Å². The molecule has 2 saturated heterocycles. The van der Waals surface area contributed by atoms with Crippen LogP contribution in [0.1, 0.15) is 24.3 Å². The van der Waals surface area contributed by atoms with Gasteiger partial charge < -0.3 is 9.84 Å². The van der Waals surface area contributed by atoms with Crippen molar-refractivity contribution >= 4 is 62.8 Å². The first kappa shape index (κ1) is 23.6. The number of amides is 4. The van der Waals surface area contributed by atoms with Crippen molar-refractivity contribution in [1.29, 1.82) is 0 Å². The van der Waals surface area contributed by atoms with Crippen molar-refractivity contribution in [1.82, 2.24) is 9.96 Å². The summed E-state index contributed by atoms with van der Waals surface area (Å²) in [5.74, 6) is -6.32. The summed E-state index contributed by atoms with van der Waals surface area (Å²) in [6.07, 6.45) is 1.70. The van der Waals surface area contributed by atoms with E-state index < -0.39 is 57.0 Å². The number of phenolic OH excluding ortho intramolecular Hbond substituents is 1. The van der Waals surface area contributed by atoms with Crippen LogP contribution in [0.3, 0.4) is 0 Å². The fourth-order valence-corrected chi connectivity index (χ4v) is 7.44. The first-order valence-corrected chi connectivity index (χ1v) is 12.3. The Kier molecular flexibility index (Phi) is 5.33. The van der Waals surface area contributed by atoms with Gasteiger partial charge in [0.15, 0.2) is 9.75 Å². The Bertz CT molecular complexity index is 1190. The Balaban J connectivity index is 1.78. The van der Waals surface area contributed by atoms with E-state index in [0.717, 1.165) is 4.90 Å². The average Bonchev–Trinajstić information content (AvgIpc) is 3.12. The van der Waals surface area contributed by atoms with E-state index in [-0.39, 0.29) is 34.9 Å². The second-order valence-electron chi connectivity index (χ2n) is 8.90. The number of ether oxygens (including phenoxy) is 1. The van der Waals surface area contributed by atoms with E-state index in [1.807, 2.05) is 0 Å². The van der Waals surface area contributed by atoms with Crippen molar-refractivity contribution < 1.29 is 34.2 Å². The number of imide groups is 2. The number of allylic oxidation sites excluding steroid dienone is 2. The zero-order chi connectivity index (χ0) is 24.7. The highest BCUT2D eigenvalue weighted by atomic mass is 79.9. The molecule has 2 N–H and O–H groups in total. The van der Waals surface area contributed by atoms with E-state index in [2.05, 4.69) is 15.9 Å². The van der Waals surface area contributed by atoms with Crippen LogP contribution in [0.4, 0.5) is 0 Å². The molecule has 0 spiro atoms. The van der Waals surface area contributed by atoms with Gasteiger partial charge in [-0.3, -0.25) is 29.3 Å². The van der Waals surface area contributed by atoms with Crippen molar-refractivity contribution in [3.63, 3.8) is 0 Å². The molecule has 1 saturated carbocycles. The van der Waals surface area contributed by atoms with Gasteiger partial charge >= 0.3 is 0 Å². The van der Waals surface area contributed by atoms with Gasteiger partial charge in [0.05, 0.1) is 24.4 Å². The summed E-state index contributed by atoms with van der Waals surface area (Å²) in [6, 6.07) is 4.28. The quantitative estimate of drug-likeness (QED) is 0.187. The van der Waals surface area contributed by atoms with Crippen molar-refractivity contribution in [2.75, 3.05) is 12.6 Å². The molecular weight excluding hydrogens is 555 g/mol. The number of nitrogens with zero attached hydrogens (tertiary/aromatic N) is 2. The van der Waals surface area contributed by atoms with E-state index in [9.17, 15) is 29.5 Å². The summed E-state index contributed by atoms with van der Waals surface area (Å²) < 4.78 is 5.47. The number of alkyl halides is 3. The zero-order valence-corrected chi connectivity index (χ0v) is 20.8. The molecule has 2 aliphatic carbocycles. The fourth-order valence-electron chi connectivity index (χ4n) is 6.02. The minimum absolute atomic E-state index is 0.0881. The molecule has 12 heteroatoms. The van der Waals surface area contributed by atoms with E-state index in [1.54, 1.807) is 6.08 Å². The molecule has 1 aromatic rings. The number of methoxy groups -OCH3 is 1. The Hall–Kier alpha value is -2.14. The lowest BCUT2D eigenvalue weighted by atomic mass is 9.56. The number of halogens is 3. The molecule has 0 unspecified atom stereocenters. The smallest absolute Gasteiger partial charge is 0.257 e. The number of carbonyl (C=O) groups is 4. The van der Waals surface area contributed by atoms with Crippen LogP contribution in [0.25, 0.3) is 0 Å². The van der Waals surface area contributed by atoms with Crippen molar-refractivity contribution in [3.05, 3.63) is 35.4 Å². The first-order chi connectivity index (χ1) is 16.0. The number of hydroxylamine groups is 2. The molecule has 180 valence electrons. The van der Waals surface area contributed by atoms with Gasteiger partial charge in [-0.25, -0.2) is 0 Å². The first-order valence-electron chi connectivity index (χ1n) is 10.5. The summed E-state index contributed by atoms with van der Waals surface area (Å²) in [5, 5.41) is 20.1. The van der Waals surface area contributed by atoms with E-state index in [1.165, 1.54) is 25.3 Å². The van der Waals surface area contributed by atoms with Crippen LogP contribution in [0.15, 0.2) is 29.8 Å². The maximum Gasteiger partial charge on any atom is 0.257 e. The molecule has 9 nitrogen and oxygen atoms in total. The number of likely N-dealkylation sites (tertiary alicyclic amines) is 1. The summed E-state index contributed by atoms with van der Waals surface area (Å²) in [5.41, 5.74) is 0.820. The van der Waals surface area contributed by atoms with Crippen molar-refractivity contribution in [3.8, 4) is 11.5 Å². The molecule has 4 aliphatic rings. The van der Waals surface area contributed by atoms with Gasteiger partial charge in [0.1, 0.15) is 11.5 Å². The minimum Gasteiger partial charge on any atom is -0.508 e. The van der Waals surface area contributed by atoms with Crippen molar-refractivity contribution in [2.24, 2.45) is 17.8 Å². The molecule has 0 radical (unpaired) electrons. The van der Waals surface area contributed by atoms with Gasteiger partial charge in [-0.2, -0.15) is 5.06 Å². The largest absolute Gasteiger partial charge is 0.508 e. The third-order valence-electron chi connectivity index (χ3n) is 7.52. The van der Waals surface area contributed by atoms with Crippen molar-refractivity contribution in [2.45, 2.75) is 28.5 Å². The molecule has 4 amide bonds. The zero-order valence-electron chi connectivity index (χ0n) is 17.7. The summed E-state index contributed by atoms with van der Waals surface area (Å²) in [6.45, 7) is 0. The predicted octanol–water partition coefficient (Wildman–Crippen LogP) is 2.50. The highest BCUT2D eigenvalue weighted by Crippen LogP contribution is 2.66. The maximum atomic E-state index is 13.6. The molecule has 3 fully saturated rings. The second-order valence-corrected chi connectivity index (χ2v) is 10.6. The molecule has 2 aliphatic heterocycles. The van der Waals surface area contributed by atoms with Gasteiger partial charge in [-0.15, -0.1) is 23.2 Å². The third kappa shape index (κ3) is 2.71. The highest BCUT2D eigenvalue weighted by molar-refractivity contribution is 9.09. The van der Waals surface area contributed by atoms with Crippen LogP contribution in [-0.2, 0) is 19.2 Å². The molecular formula is C22H19BrCl2N2O7. The number of phenols is 1. The normalized spacial score (nSPS) is 36.9. The number of hydrogen-bond acceptors (Lipinski definition) is 7. The molecule has 0 bridgehead atoms. The number of rotatable bonds is 3. The summed E-state index contributed by atoms with van der Waals surface area (Å²) in [7, 11) is 1.38. The van der Waals surface area contributed by atoms with E-state index >= 15 is 0 Å². The molecule has 2 heterocycles. The Labute approximate surface area is 212 Å². The fraction of sp³-hybridized carbons (Fsp3) is 0.455. The van der Waals surface area contributed by atoms with Gasteiger partial charge in [0, 0.05) is 17.5 Å². The number of hydrogen-bond donors (Lipinski definition) is 2. The minimum atomic E-state index is -1.97. The number of carbonyl (C=O) groups excluding carboxylic acids is 4. The summed E-state index contributed by atoms with van der Waals surface area (Å²) >= 11 is 17.3. The lowest BCUT2D eigenvalue weighted by Gasteiger charge is -2.50. The lowest BCUT2D eigenvalue weighted by molar-refractivity contribution is -0.173. The van der Waals surface area contributed by atoms with Crippen LogP contribution < -0.4 is 4.74 Å². The van der Waals surface area contributed by atoms with E-state index in [0.29, 0.717) is 11.1 Å². The summed E-state index contributed by atoms with van der Waals surface area (Å²) in [4.78, 5) is 49.4. The van der Waals surface area contributed by atoms with Gasteiger partial charge in [0.25, 0.3) is 23.6 Å². The average molecular weight is 574 g/mol. The predicted molar refractivity (Wildman–Crippen MR) is 122 cm³/mol. The molecule has 1 aromatic carbocycles. The Morgan fingerprint density at radius 3 is 2.50 bits per heavy atom.